The minimum atomic E-state index is -4.79. The van der Waals surface area contributed by atoms with Crippen molar-refractivity contribution in [3.8, 4) is 11.4 Å². The summed E-state index contributed by atoms with van der Waals surface area (Å²) in [5, 5.41) is 5.79. The number of rotatable bonds is 5. The van der Waals surface area contributed by atoms with Crippen LogP contribution in [0.2, 0.25) is 0 Å². The number of hydrogen-bond donors (Lipinski definition) is 1. The van der Waals surface area contributed by atoms with Gasteiger partial charge in [-0.15, -0.1) is 0 Å². The van der Waals surface area contributed by atoms with Crippen molar-refractivity contribution in [1.82, 2.24) is 15.5 Å². The van der Waals surface area contributed by atoms with Gasteiger partial charge in [0.25, 0.3) is 0 Å². The number of nitrogens with one attached hydrogen (secondary N) is 1. The van der Waals surface area contributed by atoms with E-state index in [0.29, 0.717) is 12.0 Å². The fraction of sp³-hybridized carbons (Fsp3) is 0.400. The van der Waals surface area contributed by atoms with E-state index in [-0.39, 0.29) is 23.9 Å². The second-order valence-electron chi connectivity index (χ2n) is 5.26. The van der Waals surface area contributed by atoms with Crippen LogP contribution in [0.15, 0.2) is 22.7 Å². The van der Waals surface area contributed by atoms with Gasteiger partial charge in [0, 0.05) is 12.5 Å². The minimum Gasteiger partial charge on any atom is -0.352 e. The molecule has 2 rings (SSSR count). The molecule has 2 aromatic rings. The maximum Gasteiger partial charge on any atom is 0.471 e. The zero-order chi connectivity index (χ0) is 17.9. The van der Waals surface area contributed by atoms with Crippen LogP contribution in [0.25, 0.3) is 11.4 Å². The van der Waals surface area contributed by atoms with Crippen LogP contribution >= 0.6 is 0 Å². The summed E-state index contributed by atoms with van der Waals surface area (Å²) in [6.45, 7) is 3.76. The van der Waals surface area contributed by atoms with Gasteiger partial charge < -0.3 is 9.84 Å². The number of aromatic nitrogens is 2. The van der Waals surface area contributed by atoms with Crippen LogP contribution in [0.4, 0.5) is 17.6 Å². The van der Waals surface area contributed by atoms with Crippen LogP contribution in [0.1, 0.15) is 31.7 Å². The lowest BCUT2D eigenvalue weighted by Gasteiger charge is -2.10. The summed E-state index contributed by atoms with van der Waals surface area (Å²) in [4.78, 5) is 14.8. The molecule has 1 unspecified atom stereocenters. The smallest absolute Gasteiger partial charge is 0.352 e. The van der Waals surface area contributed by atoms with Gasteiger partial charge in [-0.05, 0) is 24.1 Å². The van der Waals surface area contributed by atoms with Gasteiger partial charge in [0.2, 0.25) is 11.7 Å². The van der Waals surface area contributed by atoms with Crippen molar-refractivity contribution >= 4 is 5.91 Å². The Morgan fingerprint density at radius 2 is 2.08 bits per heavy atom. The number of halogens is 4. The third kappa shape index (κ3) is 4.09. The molecule has 0 aliphatic carbocycles. The average Bonchev–Trinajstić information content (AvgIpc) is 3.01. The SMILES string of the molecule is CCC(C)C(=O)NCc1ccc(-c2noc(C(F)(F)F)n2)c(F)c1. The monoisotopic (exact) mass is 345 g/mol. The molecular formula is C15H15F4N3O2. The predicted molar refractivity (Wildman–Crippen MR) is 76.0 cm³/mol. The maximum atomic E-state index is 14.1. The summed E-state index contributed by atoms with van der Waals surface area (Å²) in [6, 6.07) is 3.82. The lowest BCUT2D eigenvalue weighted by molar-refractivity contribution is -0.159. The van der Waals surface area contributed by atoms with Gasteiger partial charge in [0.05, 0.1) is 5.56 Å². The highest BCUT2D eigenvalue weighted by Crippen LogP contribution is 2.30. The first-order valence-electron chi connectivity index (χ1n) is 7.19. The van der Waals surface area contributed by atoms with Crippen molar-refractivity contribution in [2.75, 3.05) is 0 Å². The van der Waals surface area contributed by atoms with Gasteiger partial charge in [-0.1, -0.05) is 25.1 Å². The molecule has 0 saturated heterocycles. The summed E-state index contributed by atoms with van der Waals surface area (Å²) in [6.07, 6.45) is -4.11. The zero-order valence-electron chi connectivity index (χ0n) is 12.9. The molecule has 1 aromatic carbocycles. The first-order valence-corrected chi connectivity index (χ1v) is 7.19. The van der Waals surface area contributed by atoms with Crippen molar-refractivity contribution in [2.24, 2.45) is 5.92 Å². The van der Waals surface area contributed by atoms with Gasteiger partial charge in [0.15, 0.2) is 0 Å². The second-order valence-corrected chi connectivity index (χ2v) is 5.26. The average molecular weight is 345 g/mol. The van der Waals surface area contributed by atoms with Crippen molar-refractivity contribution in [3.63, 3.8) is 0 Å². The van der Waals surface area contributed by atoms with Crippen LogP contribution in [-0.4, -0.2) is 16.0 Å². The Hall–Kier alpha value is -2.45. The second kappa shape index (κ2) is 6.98. The lowest BCUT2D eigenvalue weighted by atomic mass is 10.1. The number of hydrogen-bond acceptors (Lipinski definition) is 4. The highest BCUT2D eigenvalue weighted by molar-refractivity contribution is 5.78. The molecular weight excluding hydrogens is 330 g/mol. The Balaban J connectivity index is 2.12. The summed E-state index contributed by atoms with van der Waals surface area (Å²) >= 11 is 0. The first kappa shape index (κ1) is 17.9. The normalized spacial score (nSPS) is 12.9. The van der Waals surface area contributed by atoms with Crippen molar-refractivity contribution in [3.05, 3.63) is 35.5 Å². The molecule has 130 valence electrons. The molecule has 0 saturated carbocycles. The predicted octanol–water partition coefficient (Wildman–Crippen LogP) is 3.56. The molecule has 1 amide bonds. The van der Waals surface area contributed by atoms with E-state index in [0.717, 1.165) is 6.07 Å². The minimum absolute atomic E-state index is 0.112. The number of alkyl halides is 3. The Labute approximate surface area is 135 Å². The van der Waals surface area contributed by atoms with E-state index in [9.17, 15) is 22.4 Å². The molecule has 0 aliphatic rings. The van der Waals surface area contributed by atoms with Crippen LogP contribution < -0.4 is 5.32 Å². The molecule has 0 spiro atoms. The standard InChI is InChI=1S/C15H15F4N3O2/c1-3-8(2)13(23)20-7-9-4-5-10(11(16)6-9)12-21-14(24-22-12)15(17,18)19/h4-6,8H,3,7H2,1-2H3,(H,20,23). The summed E-state index contributed by atoms with van der Waals surface area (Å²) in [5.74, 6) is -3.15. The highest BCUT2D eigenvalue weighted by Gasteiger charge is 2.38. The number of carbonyl (C=O) groups excluding carboxylic acids is 1. The Morgan fingerprint density at radius 1 is 1.38 bits per heavy atom. The topological polar surface area (TPSA) is 68.0 Å². The van der Waals surface area contributed by atoms with Gasteiger partial charge in [-0.2, -0.15) is 18.2 Å². The van der Waals surface area contributed by atoms with Gasteiger partial charge in [0.1, 0.15) is 5.82 Å². The Bertz CT molecular complexity index is 728. The molecule has 1 atom stereocenters. The fourth-order valence-corrected chi connectivity index (χ4v) is 1.85. The molecule has 0 radical (unpaired) electrons. The van der Waals surface area contributed by atoms with Crippen LogP contribution in [0.3, 0.4) is 0 Å². The Morgan fingerprint density at radius 3 is 2.62 bits per heavy atom. The third-order valence-electron chi connectivity index (χ3n) is 3.47. The van der Waals surface area contributed by atoms with Crippen LogP contribution in [0, 0.1) is 11.7 Å². The molecule has 5 nitrogen and oxygen atoms in total. The number of amides is 1. The zero-order valence-corrected chi connectivity index (χ0v) is 12.9. The molecule has 9 heteroatoms. The molecule has 1 heterocycles. The molecule has 0 bridgehead atoms. The van der Waals surface area contributed by atoms with E-state index in [1.165, 1.54) is 12.1 Å². The quantitative estimate of drug-likeness (QED) is 0.842. The largest absolute Gasteiger partial charge is 0.471 e. The van der Waals surface area contributed by atoms with E-state index in [1.54, 1.807) is 6.92 Å². The summed E-state index contributed by atoms with van der Waals surface area (Å²) < 4.78 is 55.4. The Kier molecular flexibility index (Phi) is 5.20. The highest BCUT2D eigenvalue weighted by atomic mass is 19.4. The van der Waals surface area contributed by atoms with Gasteiger partial charge >= 0.3 is 12.1 Å². The van der Waals surface area contributed by atoms with Crippen molar-refractivity contribution < 1.29 is 26.9 Å². The van der Waals surface area contributed by atoms with E-state index < -0.39 is 23.7 Å². The van der Waals surface area contributed by atoms with E-state index in [4.69, 9.17) is 0 Å². The van der Waals surface area contributed by atoms with Crippen molar-refractivity contribution in [2.45, 2.75) is 33.0 Å². The number of nitrogens with zero attached hydrogens (tertiary/aromatic N) is 2. The van der Waals surface area contributed by atoms with E-state index in [1.807, 2.05) is 6.92 Å². The summed E-state index contributed by atoms with van der Waals surface area (Å²) in [5.41, 5.74) is 0.249. The fourth-order valence-electron chi connectivity index (χ4n) is 1.85. The van der Waals surface area contributed by atoms with Crippen molar-refractivity contribution in [1.29, 1.82) is 0 Å². The lowest BCUT2D eigenvalue weighted by Crippen LogP contribution is -2.28. The third-order valence-corrected chi connectivity index (χ3v) is 3.47. The molecule has 24 heavy (non-hydrogen) atoms. The van der Waals surface area contributed by atoms with Crippen LogP contribution in [0.5, 0.6) is 0 Å². The molecule has 1 N–H and O–H groups in total. The van der Waals surface area contributed by atoms with E-state index >= 15 is 0 Å². The van der Waals surface area contributed by atoms with Gasteiger partial charge in [-0.3, -0.25) is 4.79 Å². The number of carbonyl (C=O) groups is 1. The molecule has 0 aliphatic heterocycles. The number of benzene rings is 1. The van der Waals surface area contributed by atoms with Gasteiger partial charge in [-0.25, -0.2) is 4.39 Å². The van der Waals surface area contributed by atoms with Crippen LogP contribution in [-0.2, 0) is 17.5 Å². The molecule has 0 fully saturated rings. The molecule has 1 aromatic heterocycles. The first-order chi connectivity index (χ1) is 11.2. The van der Waals surface area contributed by atoms with E-state index in [2.05, 4.69) is 20.0 Å². The summed E-state index contributed by atoms with van der Waals surface area (Å²) in [7, 11) is 0. The maximum absolute atomic E-state index is 14.1.